The van der Waals surface area contributed by atoms with Gasteiger partial charge in [0.25, 0.3) is 11.6 Å². The number of amides is 1. The van der Waals surface area contributed by atoms with Gasteiger partial charge in [0.2, 0.25) is 5.43 Å². The molecule has 0 unspecified atom stereocenters. The van der Waals surface area contributed by atoms with Crippen molar-refractivity contribution in [2.45, 2.75) is 6.92 Å². The van der Waals surface area contributed by atoms with Crippen LogP contribution >= 0.6 is 12.4 Å². The van der Waals surface area contributed by atoms with E-state index < -0.39 is 16.3 Å². The van der Waals surface area contributed by atoms with Crippen LogP contribution in [0.1, 0.15) is 16.2 Å². The summed E-state index contributed by atoms with van der Waals surface area (Å²) in [6.45, 7) is 4.56. The third-order valence-corrected chi connectivity index (χ3v) is 5.29. The molecule has 2 aromatic rings. The summed E-state index contributed by atoms with van der Waals surface area (Å²) in [4.78, 5) is 37.8. The van der Waals surface area contributed by atoms with Crippen molar-refractivity contribution < 1.29 is 9.72 Å². The molecule has 28 heavy (non-hydrogen) atoms. The quantitative estimate of drug-likeness (QED) is 0.606. The molecule has 2 saturated heterocycles. The number of aryl methyl sites for hydroxylation is 1. The van der Waals surface area contributed by atoms with Crippen LogP contribution in [0.3, 0.4) is 0 Å². The standard InChI is InChI=1S/C18H19N5O4.ClH/c1-11-6-16(24)17(18(25)21-9-12-7-19-8-13(12)10-21)20-22(11)14-4-2-3-5-15(14)23(26)27;/h2-6,12-13,19H,7-10H2,1H3;1H/t12-,13+;. The summed E-state index contributed by atoms with van der Waals surface area (Å²) in [5, 5.41) is 18.9. The molecule has 2 aliphatic rings. The molecule has 3 heterocycles. The largest absolute Gasteiger partial charge is 0.336 e. The Balaban J connectivity index is 0.00000225. The van der Waals surface area contributed by atoms with E-state index in [9.17, 15) is 19.7 Å². The zero-order valence-corrected chi connectivity index (χ0v) is 16.0. The number of nitrogens with zero attached hydrogens (tertiary/aromatic N) is 4. The van der Waals surface area contributed by atoms with Crippen molar-refractivity contribution in [2.75, 3.05) is 26.2 Å². The minimum absolute atomic E-state index is 0. The van der Waals surface area contributed by atoms with Crippen molar-refractivity contribution >= 4 is 24.0 Å². The van der Waals surface area contributed by atoms with Crippen LogP contribution in [0.25, 0.3) is 5.69 Å². The Hall–Kier alpha value is -2.78. The first-order chi connectivity index (χ1) is 13.0. The average molecular weight is 406 g/mol. The molecule has 9 nitrogen and oxygen atoms in total. The molecule has 0 aliphatic carbocycles. The van der Waals surface area contributed by atoms with Crippen molar-refractivity contribution in [2.24, 2.45) is 11.8 Å². The van der Waals surface area contributed by atoms with Crippen LogP contribution < -0.4 is 10.7 Å². The second-order valence-corrected chi connectivity index (χ2v) is 7.04. The fourth-order valence-electron chi connectivity index (χ4n) is 3.91. The van der Waals surface area contributed by atoms with Crippen molar-refractivity contribution in [3.8, 4) is 5.69 Å². The molecule has 10 heteroatoms. The van der Waals surface area contributed by atoms with Gasteiger partial charge in [0, 0.05) is 44.0 Å². The number of para-hydroxylation sites is 2. The Bertz CT molecular complexity index is 980. The molecule has 1 aromatic carbocycles. The van der Waals surface area contributed by atoms with Crippen LogP contribution in [0.5, 0.6) is 0 Å². The molecule has 0 saturated carbocycles. The molecule has 0 bridgehead atoms. The highest BCUT2D eigenvalue weighted by atomic mass is 35.5. The topological polar surface area (TPSA) is 110 Å². The summed E-state index contributed by atoms with van der Waals surface area (Å²) in [6, 6.07) is 7.42. The summed E-state index contributed by atoms with van der Waals surface area (Å²) < 4.78 is 1.30. The molecule has 0 radical (unpaired) electrons. The molecule has 4 rings (SSSR count). The van der Waals surface area contributed by atoms with Crippen LogP contribution in [0.2, 0.25) is 0 Å². The monoisotopic (exact) mass is 405 g/mol. The number of fused-ring (bicyclic) bond motifs is 1. The third kappa shape index (κ3) is 3.38. The lowest BCUT2D eigenvalue weighted by molar-refractivity contribution is -0.384. The number of likely N-dealkylation sites (tertiary alicyclic amines) is 1. The van der Waals surface area contributed by atoms with Gasteiger partial charge in [0.15, 0.2) is 5.69 Å². The Labute approximate surface area is 166 Å². The number of nitro benzene ring substituents is 1. The molecule has 0 spiro atoms. The van der Waals surface area contributed by atoms with E-state index in [2.05, 4.69) is 10.4 Å². The first kappa shape index (κ1) is 20.0. The summed E-state index contributed by atoms with van der Waals surface area (Å²) >= 11 is 0. The second kappa shape index (κ2) is 7.69. The number of hydrogen-bond acceptors (Lipinski definition) is 6. The number of halogens is 1. The minimum atomic E-state index is -0.509. The average Bonchev–Trinajstić information content (AvgIpc) is 3.23. The number of carbonyl (C=O) groups excluding carboxylic acids is 1. The van der Waals surface area contributed by atoms with E-state index in [0.29, 0.717) is 30.6 Å². The van der Waals surface area contributed by atoms with Gasteiger partial charge in [0.1, 0.15) is 5.69 Å². The van der Waals surface area contributed by atoms with E-state index >= 15 is 0 Å². The maximum atomic E-state index is 12.9. The van der Waals surface area contributed by atoms with Gasteiger partial charge in [-0.2, -0.15) is 5.10 Å². The SMILES string of the molecule is Cc1cc(=O)c(C(=O)N2C[C@H]3CNC[C@H]3C2)nn1-c1ccccc1[N+](=O)[O-].Cl. The zero-order valence-electron chi connectivity index (χ0n) is 15.2. The van der Waals surface area contributed by atoms with Gasteiger partial charge in [-0.15, -0.1) is 12.4 Å². The van der Waals surface area contributed by atoms with E-state index in [1.165, 1.54) is 16.8 Å². The molecule has 1 N–H and O–H groups in total. The highest BCUT2D eigenvalue weighted by Gasteiger charge is 2.39. The number of hydrogen-bond donors (Lipinski definition) is 1. The molecule has 2 atom stereocenters. The van der Waals surface area contributed by atoms with E-state index in [-0.39, 0.29) is 29.5 Å². The van der Waals surface area contributed by atoms with E-state index in [1.54, 1.807) is 30.0 Å². The number of nitro groups is 1. The fraction of sp³-hybridized carbons (Fsp3) is 0.389. The number of aromatic nitrogens is 2. The summed E-state index contributed by atoms with van der Waals surface area (Å²) in [7, 11) is 0. The van der Waals surface area contributed by atoms with Crippen LogP contribution in [0, 0.1) is 28.9 Å². The minimum Gasteiger partial charge on any atom is -0.336 e. The maximum Gasteiger partial charge on any atom is 0.294 e. The molecule has 148 valence electrons. The maximum absolute atomic E-state index is 12.9. The van der Waals surface area contributed by atoms with Crippen LogP contribution in [0.15, 0.2) is 35.1 Å². The molecule has 2 fully saturated rings. The molecular formula is C18H20ClN5O4. The lowest BCUT2D eigenvalue weighted by atomic mass is 10.0. The van der Waals surface area contributed by atoms with Gasteiger partial charge in [-0.05, 0) is 24.8 Å². The molecular weight excluding hydrogens is 386 g/mol. The first-order valence-corrected chi connectivity index (χ1v) is 8.80. The highest BCUT2D eigenvalue weighted by molar-refractivity contribution is 5.92. The zero-order chi connectivity index (χ0) is 19.1. The Morgan fingerprint density at radius 2 is 1.89 bits per heavy atom. The lowest BCUT2D eigenvalue weighted by Crippen LogP contribution is -2.36. The van der Waals surface area contributed by atoms with Gasteiger partial charge >= 0.3 is 0 Å². The number of carbonyl (C=O) groups is 1. The summed E-state index contributed by atoms with van der Waals surface area (Å²) in [5.41, 5.74) is -0.170. The van der Waals surface area contributed by atoms with Gasteiger partial charge in [-0.3, -0.25) is 19.7 Å². The van der Waals surface area contributed by atoms with Gasteiger partial charge in [-0.1, -0.05) is 12.1 Å². The third-order valence-electron chi connectivity index (χ3n) is 5.29. The predicted octanol–water partition coefficient (Wildman–Crippen LogP) is 1.16. The Kier molecular flexibility index (Phi) is 5.48. The molecule has 1 amide bonds. The van der Waals surface area contributed by atoms with Crippen molar-refractivity contribution in [1.82, 2.24) is 20.0 Å². The summed E-state index contributed by atoms with van der Waals surface area (Å²) in [6.07, 6.45) is 0. The van der Waals surface area contributed by atoms with E-state index in [1.807, 2.05) is 0 Å². The number of nitrogens with one attached hydrogen (secondary N) is 1. The smallest absolute Gasteiger partial charge is 0.294 e. The molecule has 2 aliphatic heterocycles. The summed E-state index contributed by atoms with van der Waals surface area (Å²) in [5.74, 6) is 0.385. The Morgan fingerprint density at radius 1 is 1.25 bits per heavy atom. The lowest BCUT2D eigenvalue weighted by Gasteiger charge is -2.18. The first-order valence-electron chi connectivity index (χ1n) is 8.80. The second-order valence-electron chi connectivity index (χ2n) is 7.04. The number of rotatable bonds is 3. The van der Waals surface area contributed by atoms with Crippen LogP contribution in [-0.2, 0) is 0 Å². The van der Waals surface area contributed by atoms with Gasteiger partial charge in [0.05, 0.1) is 4.92 Å². The van der Waals surface area contributed by atoms with Crippen molar-refractivity contribution in [1.29, 1.82) is 0 Å². The van der Waals surface area contributed by atoms with E-state index in [0.717, 1.165) is 13.1 Å². The van der Waals surface area contributed by atoms with Crippen molar-refractivity contribution in [3.63, 3.8) is 0 Å². The Morgan fingerprint density at radius 3 is 2.54 bits per heavy atom. The molecule has 1 aromatic heterocycles. The highest BCUT2D eigenvalue weighted by Crippen LogP contribution is 2.27. The van der Waals surface area contributed by atoms with Crippen molar-refractivity contribution in [3.05, 3.63) is 62.1 Å². The fourth-order valence-corrected chi connectivity index (χ4v) is 3.91. The normalized spacial score (nSPS) is 20.5. The number of benzene rings is 1. The van der Waals surface area contributed by atoms with E-state index in [4.69, 9.17) is 0 Å². The van der Waals surface area contributed by atoms with Crippen LogP contribution in [-0.4, -0.2) is 51.7 Å². The van der Waals surface area contributed by atoms with Gasteiger partial charge < -0.3 is 10.2 Å². The predicted molar refractivity (Wildman–Crippen MR) is 104 cm³/mol. The van der Waals surface area contributed by atoms with Gasteiger partial charge in [-0.25, -0.2) is 4.68 Å². The van der Waals surface area contributed by atoms with Crippen LogP contribution in [0.4, 0.5) is 5.69 Å².